The van der Waals surface area contributed by atoms with Gasteiger partial charge in [0.25, 0.3) is 0 Å². The summed E-state index contributed by atoms with van der Waals surface area (Å²) in [4.78, 5) is 0. The first-order chi connectivity index (χ1) is 13.3. The Morgan fingerprint density at radius 3 is 1.28 bits per heavy atom. The van der Waals surface area contributed by atoms with Gasteiger partial charge in [0.1, 0.15) is 0 Å². The summed E-state index contributed by atoms with van der Waals surface area (Å²) < 4.78 is 3.34. The number of halogens is 2. The third-order valence-corrected chi connectivity index (χ3v) is 4.04. The quantitative estimate of drug-likeness (QED) is 0.281. The molecule has 5 aromatic carbocycles. The van der Waals surface area contributed by atoms with E-state index in [1.807, 2.05) is 18.2 Å². The van der Waals surface area contributed by atoms with Crippen LogP contribution in [0.3, 0.4) is 0 Å². The average Bonchev–Trinajstić information content (AvgIpc) is 3.40. The van der Waals surface area contributed by atoms with Crippen molar-refractivity contribution < 1.29 is 49.0 Å². The summed E-state index contributed by atoms with van der Waals surface area (Å²) in [6, 6.07) is 39.6. The summed E-state index contributed by atoms with van der Waals surface area (Å²) in [5, 5.41) is 5.32. The van der Waals surface area contributed by atoms with E-state index >= 15 is 0 Å². The molecule has 0 bridgehead atoms. The SMILES string of the molecule is Cc1ccccc1.[CH2]=[Zr+2].[Cl-].[Cl-].c1ccc2[cH-]ccc2c1.c1ccc2[cH-]ccc2c1. The van der Waals surface area contributed by atoms with Crippen LogP contribution in [0, 0.1) is 6.92 Å². The van der Waals surface area contributed by atoms with Crippen LogP contribution in [0.25, 0.3) is 21.5 Å². The summed E-state index contributed by atoms with van der Waals surface area (Å²) in [7, 11) is 0. The molecule has 0 aliphatic heterocycles. The second-order valence-electron chi connectivity index (χ2n) is 5.96. The molecular weight excluding hydrogens is 474 g/mol. The first kappa shape index (κ1) is 27.2. The van der Waals surface area contributed by atoms with E-state index in [2.05, 4.69) is 108 Å². The molecule has 0 aromatic heterocycles. The average molecular weight is 499 g/mol. The van der Waals surface area contributed by atoms with Gasteiger partial charge in [-0.25, -0.2) is 0 Å². The van der Waals surface area contributed by atoms with Gasteiger partial charge in [0.05, 0.1) is 0 Å². The van der Waals surface area contributed by atoms with Crippen LogP contribution in [0.2, 0.25) is 0 Å². The Labute approximate surface area is 201 Å². The molecule has 0 saturated heterocycles. The van der Waals surface area contributed by atoms with E-state index in [0.717, 1.165) is 0 Å². The maximum absolute atomic E-state index is 3.34. The minimum absolute atomic E-state index is 0. The van der Waals surface area contributed by atoms with Crippen molar-refractivity contribution in [2.75, 3.05) is 0 Å². The molecule has 0 fully saturated rings. The number of rotatable bonds is 0. The minimum atomic E-state index is 0. The Morgan fingerprint density at radius 1 is 0.552 bits per heavy atom. The second-order valence-corrected chi connectivity index (χ2v) is 5.96. The maximum atomic E-state index is 3.34. The van der Waals surface area contributed by atoms with Gasteiger partial charge in [-0.2, -0.15) is 35.0 Å². The van der Waals surface area contributed by atoms with E-state index in [9.17, 15) is 0 Å². The second kappa shape index (κ2) is 16.1. The smallest absolute Gasteiger partial charge is 0.0809 e. The van der Waals surface area contributed by atoms with Crippen LogP contribution >= 0.6 is 0 Å². The predicted molar refractivity (Wildman–Crippen MR) is 117 cm³/mol. The van der Waals surface area contributed by atoms with E-state index < -0.39 is 0 Å². The molecular formula is C26H24Cl2Zr-2. The van der Waals surface area contributed by atoms with Crippen molar-refractivity contribution in [3.05, 3.63) is 121 Å². The van der Waals surface area contributed by atoms with Crippen molar-refractivity contribution in [3.8, 4) is 0 Å². The molecule has 0 aliphatic carbocycles. The van der Waals surface area contributed by atoms with E-state index in [1.54, 1.807) is 0 Å². The van der Waals surface area contributed by atoms with Crippen LogP contribution in [0.15, 0.2) is 115 Å². The largest absolute Gasteiger partial charge is 1.00 e. The fourth-order valence-corrected chi connectivity index (χ4v) is 2.67. The zero-order valence-corrected chi connectivity index (χ0v) is 20.4. The van der Waals surface area contributed by atoms with Gasteiger partial charge in [-0.3, -0.25) is 0 Å². The van der Waals surface area contributed by atoms with Crippen molar-refractivity contribution in [1.82, 2.24) is 0 Å². The van der Waals surface area contributed by atoms with Gasteiger partial charge < -0.3 is 24.8 Å². The van der Waals surface area contributed by atoms with E-state index in [-0.39, 0.29) is 24.8 Å². The van der Waals surface area contributed by atoms with Crippen LogP contribution in [0.1, 0.15) is 5.56 Å². The zero-order chi connectivity index (χ0) is 19.3. The van der Waals surface area contributed by atoms with Crippen molar-refractivity contribution in [1.29, 1.82) is 0 Å². The van der Waals surface area contributed by atoms with E-state index in [0.29, 0.717) is 0 Å². The minimum Gasteiger partial charge on any atom is -1.00 e. The Morgan fingerprint density at radius 2 is 0.931 bits per heavy atom. The standard InChI is InChI=1S/2C9H7.C7H8.CH2.2ClH.Zr/c2*1-2-5-9-7-3-6-8(9)4-1;1-7-5-3-2-4-6-7;;;;/h2*1-7H;2-6H,1H3;1H2;2*1H;/q2*-1;;;;;+2/p-2. The summed E-state index contributed by atoms with van der Waals surface area (Å²) in [5.74, 6) is 0. The van der Waals surface area contributed by atoms with Crippen molar-refractivity contribution in [3.63, 3.8) is 0 Å². The monoisotopic (exact) mass is 496 g/mol. The fraction of sp³-hybridized carbons (Fsp3) is 0.0385. The molecule has 0 nitrogen and oxygen atoms in total. The molecule has 0 radical (unpaired) electrons. The molecule has 0 spiro atoms. The number of fused-ring (bicyclic) bond motifs is 2. The van der Waals surface area contributed by atoms with Crippen LogP contribution in [0.5, 0.6) is 0 Å². The molecule has 0 aliphatic rings. The molecule has 0 unspecified atom stereocenters. The molecule has 0 saturated carbocycles. The van der Waals surface area contributed by atoms with Crippen LogP contribution < -0.4 is 24.8 Å². The van der Waals surface area contributed by atoms with Crippen LogP contribution in [0.4, 0.5) is 0 Å². The summed E-state index contributed by atoms with van der Waals surface area (Å²) in [6.07, 6.45) is 0. The van der Waals surface area contributed by atoms with Gasteiger partial charge >= 0.3 is 28.4 Å². The van der Waals surface area contributed by atoms with Gasteiger partial charge in [0.2, 0.25) is 0 Å². The van der Waals surface area contributed by atoms with Gasteiger partial charge in [0, 0.05) is 0 Å². The number of hydrogen-bond donors (Lipinski definition) is 0. The predicted octanol–water partition coefficient (Wildman–Crippen LogP) is 1.09. The number of benzene rings is 3. The fourth-order valence-electron chi connectivity index (χ4n) is 2.67. The molecule has 0 amide bonds. The van der Waals surface area contributed by atoms with E-state index in [4.69, 9.17) is 0 Å². The summed E-state index contributed by atoms with van der Waals surface area (Å²) in [6.45, 7) is 2.08. The Bertz CT molecular complexity index is 906. The molecule has 148 valence electrons. The topological polar surface area (TPSA) is 0 Å². The normalized spacial score (nSPS) is 8.66. The molecule has 5 rings (SSSR count). The van der Waals surface area contributed by atoms with Crippen LogP contribution in [-0.4, -0.2) is 4.21 Å². The third-order valence-electron chi connectivity index (χ3n) is 4.04. The Kier molecular flexibility index (Phi) is 15.1. The number of aryl methyl sites for hydroxylation is 1. The third kappa shape index (κ3) is 9.50. The maximum Gasteiger partial charge on any atom is -0.0809 e. The van der Waals surface area contributed by atoms with Gasteiger partial charge in [-0.1, -0.05) is 48.0 Å². The molecule has 29 heavy (non-hydrogen) atoms. The van der Waals surface area contributed by atoms with Gasteiger partial charge in [0.15, 0.2) is 0 Å². The Hall–Kier alpha value is -1.79. The Balaban J connectivity index is 0.000000379. The van der Waals surface area contributed by atoms with Crippen LogP contribution in [-0.2, 0) is 24.2 Å². The van der Waals surface area contributed by atoms with Crippen molar-refractivity contribution in [2.45, 2.75) is 6.92 Å². The molecule has 0 N–H and O–H groups in total. The van der Waals surface area contributed by atoms with Gasteiger partial charge in [-0.05, 0) is 6.92 Å². The first-order valence-electron chi connectivity index (χ1n) is 8.91. The summed E-state index contributed by atoms with van der Waals surface area (Å²) in [5.41, 5.74) is 1.32. The van der Waals surface area contributed by atoms with Crippen molar-refractivity contribution >= 4 is 25.8 Å². The molecule has 0 atom stereocenters. The van der Waals surface area contributed by atoms with Gasteiger partial charge in [-0.15, -0.1) is 59.3 Å². The van der Waals surface area contributed by atoms with Crippen molar-refractivity contribution in [2.24, 2.45) is 0 Å². The molecule has 5 aromatic rings. The molecule has 3 heteroatoms. The zero-order valence-electron chi connectivity index (χ0n) is 16.4. The molecule has 0 heterocycles. The van der Waals surface area contributed by atoms with E-state index in [1.165, 1.54) is 51.3 Å². The summed E-state index contributed by atoms with van der Waals surface area (Å²) >= 11 is 1.30. The first-order valence-corrected chi connectivity index (χ1v) is 10.6. The number of hydrogen-bond acceptors (Lipinski definition) is 0.